The summed E-state index contributed by atoms with van der Waals surface area (Å²) in [5.41, 5.74) is 6.86. The van der Waals surface area contributed by atoms with Crippen LogP contribution >= 0.6 is 0 Å². The van der Waals surface area contributed by atoms with Crippen molar-refractivity contribution in [3.63, 3.8) is 0 Å². The van der Waals surface area contributed by atoms with Gasteiger partial charge >= 0.3 is 0 Å². The van der Waals surface area contributed by atoms with E-state index in [2.05, 4.69) is 10.1 Å². The Labute approximate surface area is 112 Å². The van der Waals surface area contributed by atoms with Crippen LogP contribution in [-0.2, 0) is 6.61 Å². The molecule has 0 saturated heterocycles. The fourth-order valence-electron chi connectivity index (χ4n) is 1.57. The first-order valence-electron chi connectivity index (χ1n) is 6.37. The lowest BCUT2D eigenvalue weighted by molar-refractivity contribution is 0.242. The molecule has 0 aliphatic heterocycles. The number of nitrogens with zero attached hydrogens (tertiary/aromatic N) is 2. The summed E-state index contributed by atoms with van der Waals surface area (Å²) in [6, 6.07) is 7.70. The molecule has 1 atom stereocenters. The zero-order valence-electron chi connectivity index (χ0n) is 11.5. The summed E-state index contributed by atoms with van der Waals surface area (Å²) in [7, 11) is 0. The number of hydrogen-bond acceptors (Lipinski definition) is 5. The molecule has 0 saturated carbocycles. The molecule has 0 unspecified atom stereocenters. The van der Waals surface area contributed by atoms with Crippen LogP contribution < -0.4 is 10.5 Å². The third-order valence-electron chi connectivity index (χ3n) is 2.77. The van der Waals surface area contributed by atoms with Crippen LogP contribution in [-0.4, -0.2) is 10.1 Å². The molecule has 19 heavy (non-hydrogen) atoms. The van der Waals surface area contributed by atoms with Crippen LogP contribution in [0.4, 0.5) is 0 Å². The van der Waals surface area contributed by atoms with Crippen molar-refractivity contribution >= 4 is 0 Å². The molecule has 5 nitrogen and oxygen atoms in total. The average Bonchev–Trinajstić information content (AvgIpc) is 2.86. The highest BCUT2D eigenvalue weighted by Gasteiger charge is 2.10. The molecule has 2 aromatic rings. The molecule has 5 heteroatoms. The van der Waals surface area contributed by atoms with Gasteiger partial charge in [0.1, 0.15) is 5.75 Å². The Kier molecular flexibility index (Phi) is 4.16. The summed E-state index contributed by atoms with van der Waals surface area (Å²) in [5, 5.41) is 3.88. The number of hydrogen-bond donors (Lipinski definition) is 1. The van der Waals surface area contributed by atoms with Gasteiger partial charge < -0.3 is 15.0 Å². The van der Waals surface area contributed by atoms with Gasteiger partial charge in [-0.05, 0) is 24.6 Å². The van der Waals surface area contributed by atoms with Crippen LogP contribution in [0.1, 0.15) is 50.0 Å². The normalized spacial score (nSPS) is 12.7. The lowest BCUT2D eigenvalue weighted by atomic mass is 10.1. The molecule has 0 aliphatic rings. The van der Waals surface area contributed by atoms with Gasteiger partial charge in [-0.1, -0.05) is 31.1 Å². The molecule has 2 rings (SSSR count). The third-order valence-corrected chi connectivity index (χ3v) is 2.77. The van der Waals surface area contributed by atoms with Crippen LogP contribution in [0.2, 0.25) is 0 Å². The van der Waals surface area contributed by atoms with Crippen molar-refractivity contribution in [2.24, 2.45) is 5.73 Å². The van der Waals surface area contributed by atoms with E-state index in [-0.39, 0.29) is 18.6 Å². The molecule has 0 amide bonds. The highest BCUT2D eigenvalue weighted by Crippen LogP contribution is 2.17. The standard InChI is InChI=1S/C14H19N3O2/c1-9(2)14-16-13(19-17-14)8-18-12-6-4-11(5-7-12)10(3)15/h4-7,9-10H,8,15H2,1-3H3/t10-/m1/s1. The molecule has 0 aliphatic carbocycles. The summed E-state index contributed by atoms with van der Waals surface area (Å²) >= 11 is 0. The second-order valence-corrected chi connectivity index (χ2v) is 4.85. The minimum absolute atomic E-state index is 0.0265. The first-order chi connectivity index (χ1) is 9.06. The molecule has 0 fully saturated rings. The lowest BCUT2D eigenvalue weighted by Crippen LogP contribution is -2.04. The summed E-state index contributed by atoms with van der Waals surface area (Å²) in [6.45, 7) is 6.25. The summed E-state index contributed by atoms with van der Waals surface area (Å²) in [4.78, 5) is 4.25. The van der Waals surface area contributed by atoms with Crippen LogP contribution in [0.5, 0.6) is 5.75 Å². The maximum Gasteiger partial charge on any atom is 0.264 e. The van der Waals surface area contributed by atoms with Crippen LogP contribution in [0, 0.1) is 0 Å². The predicted octanol–water partition coefficient (Wildman–Crippen LogP) is 2.79. The molecule has 1 aromatic carbocycles. The molecular formula is C14H19N3O2. The van der Waals surface area contributed by atoms with E-state index in [0.717, 1.165) is 11.3 Å². The largest absolute Gasteiger partial charge is 0.484 e. The molecule has 0 radical (unpaired) electrons. The Morgan fingerprint density at radius 2 is 1.89 bits per heavy atom. The van der Waals surface area contributed by atoms with E-state index in [4.69, 9.17) is 15.0 Å². The van der Waals surface area contributed by atoms with Crippen molar-refractivity contribution in [3.05, 3.63) is 41.5 Å². The zero-order valence-corrected chi connectivity index (χ0v) is 11.5. The highest BCUT2D eigenvalue weighted by molar-refractivity contribution is 5.28. The van der Waals surface area contributed by atoms with Gasteiger partial charge in [-0.2, -0.15) is 4.98 Å². The topological polar surface area (TPSA) is 74.2 Å². The second kappa shape index (κ2) is 5.84. The van der Waals surface area contributed by atoms with Gasteiger partial charge in [0.05, 0.1) is 0 Å². The van der Waals surface area contributed by atoms with Gasteiger partial charge in [-0.15, -0.1) is 0 Å². The van der Waals surface area contributed by atoms with Crippen molar-refractivity contribution in [2.75, 3.05) is 0 Å². The predicted molar refractivity (Wildman–Crippen MR) is 71.8 cm³/mol. The van der Waals surface area contributed by atoms with Crippen LogP contribution in [0.3, 0.4) is 0 Å². The third kappa shape index (κ3) is 3.54. The quantitative estimate of drug-likeness (QED) is 0.895. The summed E-state index contributed by atoms with van der Waals surface area (Å²) in [6.07, 6.45) is 0. The SMILES string of the molecule is CC(C)c1noc(COc2ccc([C@@H](C)N)cc2)n1. The van der Waals surface area contributed by atoms with E-state index >= 15 is 0 Å². The van der Waals surface area contributed by atoms with E-state index in [9.17, 15) is 0 Å². The molecule has 102 valence electrons. The minimum Gasteiger partial charge on any atom is -0.484 e. The van der Waals surface area contributed by atoms with Crippen molar-refractivity contribution < 1.29 is 9.26 Å². The first kappa shape index (κ1) is 13.5. The molecule has 2 N–H and O–H groups in total. The van der Waals surface area contributed by atoms with E-state index in [1.807, 2.05) is 45.0 Å². The van der Waals surface area contributed by atoms with E-state index < -0.39 is 0 Å². The Morgan fingerprint density at radius 3 is 2.42 bits per heavy atom. The molecule has 1 aromatic heterocycles. The lowest BCUT2D eigenvalue weighted by Gasteiger charge is -2.07. The number of rotatable bonds is 5. The maximum absolute atomic E-state index is 5.79. The number of aromatic nitrogens is 2. The Bertz CT molecular complexity index is 518. The number of benzene rings is 1. The number of nitrogens with two attached hydrogens (primary N) is 1. The highest BCUT2D eigenvalue weighted by atomic mass is 16.5. The van der Waals surface area contributed by atoms with Gasteiger partial charge in [0, 0.05) is 12.0 Å². The number of ether oxygens (including phenoxy) is 1. The molecule has 0 spiro atoms. The van der Waals surface area contributed by atoms with E-state index in [1.165, 1.54) is 0 Å². The van der Waals surface area contributed by atoms with E-state index in [1.54, 1.807) is 0 Å². The van der Waals surface area contributed by atoms with Gasteiger partial charge in [-0.3, -0.25) is 0 Å². The van der Waals surface area contributed by atoms with E-state index in [0.29, 0.717) is 11.7 Å². The van der Waals surface area contributed by atoms with Crippen molar-refractivity contribution in [1.29, 1.82) is 0 Å². The Morgan fingerprint density at radius 1 is 1.21 bits per heavy atom. The van der Waals surface area contributed by atoms with Crippen molar-refractivity contribution in [2.45, 2.75) is 39.3 Å². The van der Waals surface area contributed by atoms with Gasteiger partial charge in [0.2, 0.25) is 0 Å². The fourth-order valence-corrected chi connectivity index (χ4v) is 1.57. The van der Waals surface area contributed by atoms with Crippen LogP contribution in [0.25, 0.3) is 0 Å². The van der Waals surface area contributed by atoms with Crippen molar-refractivity contribution in [3.8, 4) is 5.75 Å². The smallest absolute Gasteiger partial charge is 0.264 e. The zero-order chi connectivity index (χ0) is 13.8. The average molecular weight is 261 g/mol. The maximum atomic E-state index is 5.79. The van der Waals surface area contributed by atoms with Gasteiger partial charge in [0.15, 0.2) is 12.4 Å². The summed E-state index contributed by atoms with van der Waals surface area (Å²) < 4.78 is 10.7. The molecular weight excluding hydrogens is 242 g/mol. The van der Waals surface area contributed by atoms with Gasteiger partial charge in [0.25, 0.3) is 5.89 Å². The summed E-state index contributed by atoms with van der Waals surface area (Å²) in [5.74, 6) is 2.20. The fraction of sp³-hybridized carbons (Fsp3) is 0.429. The second-order valence-electron chi connectivity index (χ2n) is 4.85. The van der Waals surface area contributed by atoms with Gasteiger partial charge in [-0.25, -0.2) is 0 Å². The Hall–Kier alpha value is -1.88. The first-order valence-corrected chi connectivity index (χ1v) is 6.37. The van der Waals surface area contributed by atoms with Crippen molar-refractivity contribution in [1.82, 2.24) is 10.1 Å². The molecule has 1 heterocycles. The monoisotopic (exact) mass is 261 g/mol. The minimum atomic E-state index is 0.0265. The Balaban J connectivity index is 1.94. The molecule has 0 bridgehead atoms. The van der Waals surface area contributed by atoms with Crippen LogP contribution in [0.15, 0.2) is 28.8 Å².